The lowest BCUT2D eigenvalue weighted by Gasteiger charge is -2.15. The van der Waals surface area contributed by atoms with Gasteiger partial charge >= 0.3 is 0 Å². The quantitative estimate of drug-likeness (QED) is 0.814. The predicted octanol–water partition coefficient (Wildman–Crippen LogP) is 3.61. The van der Waals surface area contributed by atoms with E-state index in [-0.39, 0.29) is 0 Å². The highest BCUT2D eigenvalue weighted by Gasteiger charge is 2.11. The second-order valence-electron chi connectivity index (χ2n) is 4.49. The molecule has 0 radical (unpaired) electrons. The first-order valence-electron chi connectivity index (χ1n) is 7.36. The fourth-order valence-corrected chi connectivity index (χ4v) is 2.15. The Hall–Kier alpha value is -2.30. The summed E-state index contributed by atoms with van der Waals surface area (Å²) in [7, 11) is 0. The SMILES string of the molecule is CCNc1ncnc(Nc2ccccc2OCC)c1CC. The largest absolute Gasteiger partial charge is 0.492 e. The lowest BCUT2D eigenvalue weighted by molar-refractivity contribution is 0.342. The summed E-state index contributed by atoms with van der Waals surface area (Å²) in [5.74, 6) is 2.52. The maximum Gasteiger partial charge on any atom is 0.142 e. The molecule has 1 aromatic carbocycles. The number of rotatable bonds is 7. The number of nitrogens with one attached hydrogen (secondary N) is 2. The minimum absolute atomic E-state index is 0.631. The molecule has 2 rings (SSSR count). The monoisotopic (exact) mass is 286 g/mol. The Morgan fingerprint density at radius 1 is 1.05 bits per heavy atom. The van der Waals surface area contributed by atoms with Gasteiger partial charge in [-0.1, -0.05) is 19.1 Å². The van der Waals surface area contributed by atoms with Crippen molar-refractivity contribution in [3.63, 3.8) is 0 Å². The fraction of sp³-hybridized carbons (Fsp3) is 0.375. The van der Waals surface area contributed by atoms with Crippen molar-refractivity contribution in [2.75, 3.05) is 23.8 Å². The average molecular weight is 286 g/mol. The summed E-state index contributed by atoms with van der Waals surface area (Å²) in [6, 6.07) is 7.87. The number of hydrogen-bond donors (Lipinski definition) is 2. The third kappa shape index (κ3) is 3.62. The number of nitrogens with zero attached hydrogens (tertiary/aromatic N) is 2. The number of benzene rings is 1. The predicted molar refractivity (Wildman–Crippen MR) is 86.5 cm³/mol. The first-order chi connectivity index (χ1) is 10.3. The molecular weight excluding hydrogens is 264 g/mol. The molecule has 5 nitrogen and oxygen atoms in total. The van der Waals surface area contributed by atoms with Gasteiger partial charge in [0.15, 0.2) is 0 Å². The Labute approximate surface area is 125 Å². The molecule has 0 atom stereocenters. The molecule has 0 bridgehead atoms. The number of hydrogen-bond acceptors (Lipinski definition) is 5. The molecular formula is C16H22N4O. The molecule has 2 N–H and O–H groups in total. The number of ether oxygens (including phenoxy) is 1. The number of para-hydroxylation sites is 2. The van der Waals surface area contributed by atoms with E-state index < -0.39 is 0 Å². The summed E-state index contributed by atoms with van der Waals surface area (Å²) in [5.41, 5.74) is 1.99. The summed E-state index contributed by atoms with van der Waals surface area (Å²) in [4.78, 5) is 8.68. The van der Waals surface area contributed by atoms with Crippen LogP contribution < -0.4 is 15.4 Å². The standard InChI is InChI=1S/C16H22N4O/c1-4-12-15(17-5-2)18-11-19-16(12)20-13-9-7-8-10-14(13)21-6-3/h7-11H,4-6H2,1-3H3,(H2,17,18,19,20). The molecule has 112 valence electrons. The van der Waals surface area contributed by atoms with Crippen molar-refractivity contribution >= 4 is 17.3 Å². The molecule has 5 heteroatoms. The highest BCUT2D eigenvalue weighted by Crippen LogP contribution is 2.29. The van der Waals surface area contributed by atoms with Crippen LogP contribution in [-0.4, -0.2) is 23.1 Å². The summed E-state index contributed by atoms with van der Waals surface area (Å²) in [5, 5.41) is 6.63. The van der Waals surface area contributed by atoms with Gasteiger partial charge < -0.3 is 15.4 Å². The zero-order valence-electron chi connectivity index (χ0n) is 12.8. The Morgan fingerprint density at radius 3 is 2.52 bits per heavy atom. The Kier molecular flexibility index (Phi) is 5.37. The van der Waals surface area contributed by atoms with Gasteiger partial charge in [-0.15, -0.1) is 0 Å². The minimum Gasteiger partial charge on any atom is -0.492 e. The summed E-state index contributed by atoms with van der Waals surface area (Å²) in [6.07, 6.45) is 2.42. The second-order valence-corrected chi connectivity index (χ2v) is 4.49. The van der Waals surface area contributed by atoms with Gasteiger partial charge in [0.25, 0.3) is 0 Å². The fourth-order valence-electron chi connectivity index (χ4n) is 2.15. The van der Waals surface area contributed by atoms with E-state index in [1.54, 1.807) is 6.33 Å². The minimum atomic E-state index is 0.631. The summed E-state index contributed by atoms with van der Waals surface area (Å²) in [6.45, 7) is 7.59. The van der Waals surface area contributed by atoms with Crippen LogP contribution >= 0.6 is 0 Å². The van der Waals surface area contributed by atoms with Crippen LogP contribution in [0.2, 0.25) is 0 Å². The highest BCUT2D eigenvalue weighted by atomic mass is 16.5. The van der Waals surface area contributed by atoms with Crippen molar-refractivity contribution in [1.82, 2.24) is 9.97 Å². The zero-order valence-corrected chi connectivity index (χ0v) is 12.8. The second kappa shape index (κ2) is 7.47. The molecule has 0 saturated carbocycles. The molecule has 0 aliphatic rings. The van der Waals surface area contributed by atoms with Gasteiger partial charge in [-0.25, -0.2) is 9.97 Å². The average Bonchev–Trinajstić information content (AvgIpc) is 2.50. The van der Waals surface area contributed by atoms with Gasteiger partial charge in [0, 0.05) is 12.1 Å². The van der Waals surface area contributed by atoms with Crippen LogP contribution in [0.25, 0.3) is 0 Å². The van der Waals surface area contributed by atoms with E-state index in [9.17, 15) is 0 Å². The van der Waals surface area contributed by atoms with Crippen LogP contribution in [0.4, 0.5) is 17.3 Å². The lowest BCUT2D eigenvalue weighted by atomic mass is 10.2. The molecule has 0 aliphatic heterocycles. The van der Waals surface area contributed by atoms with Gasteiger partial charge in [-0.05, 0) is 32.4 Å². The molecule has 0 spiro atoms. The van der Waals surface area contributed by atoms with Crippen molar-refractivity contribution in [1.29, 1.82) is 0 Å². The van der Waals surface area contributed by atoms with E-state index in [4.69, 9.17) is 4.74 Å². The molecule has 2 aromatic rings. The topological polar surface area (TPSA) is 59.1 Å². The van der Waals surface area contributed by atoms with Crippen molar-refractivity contribution in [3.8, 4) is 5.75 Å². The molecule has 0 unspecified atom stereocenters. The third-order valence-corrected chi connectivity index (χ3v) is 3.08. The maximum absolute atomic E-state index is 5.64. The molecule has 0 aliphatic carbocycles. The van der Waals surface area contributed by atoms with E-state index in [1.165, 1.54) is 0 Å². The van der Waals surface area contributed by atoms with E-state index >= 15 is 0 Å². The summed E-state index contributed by atoms with van der Waals surface area (Å²) >= 11 is 0. The van der Waals surface area contributed by atoms with Crippen LogP contribution in [-0.2, 0) is 6.42 Å². The van der Waals surface area contributed by atoms with Gasteiger partial charge in [-0.3, -0.25) is 0 Å². The van der Waals surface area contributed by atoms with Gasteiger partial charge in [0.05, 0.1) is 12.3 Å². The normalized spacial score (nSPS) is 10.2. The molecule has 0 amide bonds. The van der Waals surface area contributed by atoms with Crippen LogP contribution in [0.3, 0.4) is 0 Å². The highest BCUT2D eigenvalue weighted by molar-refractivity contribution is 5.69. The lowest BCUT2D eigenvalue weighted by Crippen LogP contribution is -2.08. The van der Waals surface area contributed by atoms with E-state index in [0.717, 1.165) is 41.6 Å². The van der Waals surface area contributed by atoms with E-state index in [0.29, 0.717) is 6.61 Å². The first-order valence-corrected chi connectivity index (χ1v) is 7.36. The van der Waals surface area contributed by atoms with Crippen LogP contribution in [0.1, 0.15) is 26.3 Å². The molecule has 1 heterocycles. The van der Waals surface area contributed by atoms with Crippen LogP contribution in [0.5, 0.6) is 5.75 Å². The Morgan fingerprint density at radius 2 is 1.81 bits per heavy atom. The maximum atomic E-state index is 5.64. The third-order valence-electron chi connectivity index (χ3n) is 3.08. The van der Waals surface area contributed by atoms with Crippen LogP contribution in [0.15, 0.2) is 30.6 Å². The summed E-state index contributed by atoms with van der Waals surface area (Å²) < 4.78 is 5.64. The number of aromatic nitrogens is 2. The van der Waals surface area contributed by atoms with Crippen molar-refractivity contribution in [2.24, 2.45) is 0 Å². The molecule has 21 heavy (non-hydrogen) atoms. The molecule has 0 saturated heterocycles. The smallest absolute Gasteiger partial charge is 0.142 e. The molecule has 0 fully saturated rings. The number of anilines is 3. The Balaban J connectivity index is 2.33. The molecule has 1 aromatic heterocycles. The van der Waals surface area contributed by atoms with Crippen molar-refractivity contribution in [2.45, 2.75) is 27.2 Å². The van der Waals surface area contributed by atoms with Crippen molar-refractivity contribution in [3.05, 3.63) is 36.2 Å². The van der Waals surface area contributed by atoms with Gasteiger partial charge in [0.2, 0.25) is 0 Å². The van der Waals surface area contributed by atoms with E-state index in [2.05, 4.69) is 34.4 Å². The van der Waals surface area contributed by atoms with Gasteiger partial charge in [0.1, 0.15) is 23.7 Å². The zero-order chi connectivity index (χ0) is 15.1. The van der Waals surface area contributed by atoms with Crippen LogP contribution in [0, 0.1) is 0 Å². The Bertz CT molecular complexity index is 586. The van der Waals surface area contributed by atoms with E-state index in [1.807, 2.05) is 31.2 Å². The van der Waals surface area contributed by atoms with Crippen molar-refractivity contribution < 1.29 is 4.74 Å². The first kappa shape index (κ1) is 15.1. The van der Waals surface area contributed by atoms with Gasteiger partial charge in [-0.2, -0.15) is 0 Å².